The van der Waals surface area contributed by atoms with Gasteiger partial charge in [-0.25, -0.2) is 0 Å². The second kappa shape index (κ2) is 13.2. The Balaban J connectivity index is 1.69. The summed E-state index contributed by atoms with van der Waals surface area (Å²) in [4.78, 5) is 0. The largest absolute Gasteiger partial charge is 0.375 e. The molecule has 0 aromatic rings. The van der Waals surface area contributed by atoms with E-state index in [0.29, 0.717) is 0 Å². The van der Waals surface area contributed by atoms with Crippen LogP contribution in [0.15, 0.2) is 0 Å². The Morgan fingerprint density at radius 2 is 1.26 bits per heavy atom. The Labute approximate surface area is 171 Å². The van der Waals surface area contributed by atoms with Crippen LogP contribution in [-0.2, 0) is 4.74 Å². The molecule has 0 aromatic carbocycles. The maximum Gasteiger partial charge on any atom is 0.0682 e. The molecule has 0 heterocycles. The van der Waals surface area contributed by atoms with Gasteiger partial charge in [-0.05, 0) is 69.6 Å². The van der Waals surface area contributed by atoms with Crippen molar-refractivity contribution >= 4 is 0 Å². The van der Waals surface area contributed by atoms with Crippen LogP contribution < -0.4 is 0 Å². The summed E-state index contributed by atoms with van der Waals surface area (Å²) in [6.07, 6.45) is 25.8. The number of unbranched alkanes of at least 4 members (excludes halogenated alkanes) is 6. The van der Waals surface area contributed by atoms with Crippen molar-refractivity contribution in [2.24, 2.45) is 17.8 Å². The van der Waals surface area contributed by atoms with Crippen LogP contribution in [0.3, 0.4) is 0 Å². The molecule has 0 unspecified atom stereocenters. The molecular weight excluding hydrogens is 328 g/mol. The van der Waals surface area contributed by atoms with Crippen LogP contribution in [0.4, 0.5) is 0 Å². The molecule has 160 valence electrons. The molecule has 0 aliphatic heterocycles. The first-order chi connectivity index (χ1) is 13.2. The summed E-state index contributed by atoms with van der Waals surface area (Å²) >= 11 is 0. The summed E-state index contributed by atoms with van der Waals surface area (Å²) in [5.74, 6) is 3.11. The van der Waals surface area contributed by atoms with Crippen LogP contribution in [0.1, 0.15) is 136 Å². The smallest absolute Gasteiger partial charge is 0.0682 e. The Morgan fingerprint density at radius 1 is 0.667 bits per heavy atom. The van der Waals surface area contributed by atoms with Crippen molar-refractivity contribution in [1.82, 2.24) is 0 Å². The van der Waals surface area contributed by atoms with Gasteiger partial charge in [-0.1, -0.05) is 84.5 Å². The molecule has 1 nitrogen and oxygen atoms in total. The molecule has 0 saturated heterocycles. The highest BCUT2D eigenvalue weighted by Crippen LogP contribution is 2.45. The highest BCUT2D eigenvalue weighted by Gasteiger charge is 2.38. The van der Waals surface area contributed by atoms with Gasteiger partial charge in [0.2, 0.25) is 0 Å². The monoisotopic (exact) mass is 378 g/mol. The van der Waals surface area contributed by atoms with Crippen molar-refractivity contribution in [2.75, 3.05) is 6.61 Å². The van der Waals surface area contributed by atoms with E-state index in [1.165, 1.54) is 116 Å². The van der Waals surface area contributed by atoms with E-state index in [4.69, 9.17) is 4.74 Å². The number of hydrogen-bond acceptors (Lipinski definition) is 1. The van der Waals surface area contributed by atoms with E-state index in [-0.39, 0.29) is 5.60 Å². The second-order valence-electron chi connectivity index (χ2n) is 9.89. The zero-order chi connectivity index (χ0) is 19.4. The average molecular weight is 379 g/mol. The summed E-state index contributed by atoms with van der Waals surface area (Å²) in [5.41, 5.74) is 0.245. The summed E-state index contributed by atoms with van der Waals surface area (Å²) in [6.45, 7) is 7.74. The average Bonchev–Trinajstić information content (AvgIpc) is 2.70. The molecule has 2 saturated carbocycles. The molecule has 27 heavy (non-hydrogen) atoms. The first-order valence-corrected chi connectivity index (χ1v) is 12.9. The van der Waals surface area contributed by atoms with Gasteiger partial charge >= 0.3 is 0 Å². The molecule has 2 rings (SSSR count). The lowest BCUT2D eigenvalue weighted by atomic mass is 9.67. The van der Waals surface area contributed by atoms with Crippen molar-refractivity contribution in [1.29, 1.82) is 0 Å². The predicted octanol–water partition coefficient (Wildman–Crippen LogP) is 8.70. The van der Waals surface area contributed by atoms with Gasteiger partial charge in [-0.2, -0.15) is 0 Å². The molecule has 2 aliphatic carbocycles. The third kappa shape index (κ3) is 8.08. The number of rotatable bonds is 13. The zero-order valence-corrected chi connectivity index (χ0v) is 19.1. The number of ether oxygens (including phenoxy) is 1. The van der Waals surface area contributed by atoms with Gasteiger partial charge in [0.1, 0.15) is 0 Å². The molecule has 0 atom stereocenters. The third-order valence-corrected chi connectivity index (χ3v) is 7.90. The minimum atomic E-state index is 0.245. The molecule has 0 bridgehead atoms. The predicted molar refractivity (Wildman–Crippen MR) is 119 cm³/mol. The van der Waals surface area contributed by atoms with Gasteiger partial charge in [0.05, 0.1) is 5.60 Å². The summed E-state index contributed by atoms with van der Waals surface area (Å²) < 4.78 is 6.38. The lowest BCUT2D eigenvalue weighted by molar-refractivity contribution is -0.0855. The Hall–Kier alpha value is -0.0400. The maximum atomic E-state index is 6.38. The lowest BCUT2D eigenvalue weighted by Crippen LogP contribution is -2.39. The van der Waals surface area contributed by atoms with Crippen LogP contribution in [0.2, 0.25) is 0 Å². The second-order valence-corrected chi connectivity index (χ2v) is 9.89. The van der Waals surface area contributed by atoms with E-state index >= 15 is 0 Å². The highest BCUT2D eigenvalue weighted by molar-refractivity contribution is 4.90. The number of hydrogen-bond donors (Lipinski definition) is 0. The van der Waals surface area contributed by atoms with Gasteiger partial charge < -0.3 is 4.74 Å². The fraction of sp³-hybridized carbons (Fsp3) is 1.00. The molecule has 0 N–H and O–H groups in total. The Kier molecular flexibility index (Phi) is 11.4. The zero-order valence-electron chi connectivity index (χ0n) is 19.1. The fourth-order valence-electron chi connectivity index (χ4n) is 6.09. The van der Waals surface area contributed by atoms with Crippen molar-refractivity contribution in [3.8, 4) is 0 Å². The fourth-order valence-corrected chi connectivity index (χ4v) is 6.09. The van der Waals surface area contributed by atoms with Crippen molar-refractivity contribution in [2.45, 2.75) is 142 Å². The van der Waals surface area contributed by atoms with E-state index in [9.17, 15) is 0 Å². The summed E-state index contributed by atoms with van der Waals surface area (Å²) in [5, 5.41) is 0. The summed E-state index contributed by atoms with van der Waals surface area (Å²) in [7, 11) is 0. The van der Waals surface area contributed by atoms with Crippen molar-refractivity contribution in [3.05, 3.63) is 0 Å². The normalized spacial score (nSPS) is 31.9. The molecule has 2 fully saturated rings. The quantitative estimate of drug-likeness (QED) is 0.291. The van der Waals surface area contributed by atoms with E-state index in [0.717, 1.165) is 24.4 Å². The van der Waals surface area contributed by atoms with Crippen LogP contribution >= 0.6 is 0 Å². The molecule has 0 amide bonds. The van der Waals surface area contributed by atoms with Crippen LogP contribution in [-0.4, -0.2) is 12.2 Å². The van der Waals surface area contributed by atoms with E-state index in [1.807, 2.05) is 0 Å². The molecule has 0 aromatic heterocycles. The van der Waals surface area contributed by atoms with Crippen molar-refractivity contribution in [3.63, 3.8) is 0 Å². The Bertz CT molecular complexity index is 347. The summed E-state index contributed by atoms with van der Waals surface area (Å²) in [6, 6.07) is 0. The molecular formula is C26H50O. The highest BCUT2D eigenvalue weighted by atomic mass is 16.5. The van der Waals surface area contributed by atoms with Gasteiger partial charge in [-0.15, -0.1) is 0 Å². The first-order valence-electron chi connectivity index (χ1n) is 12.9. The van der Waals surface area contributed by atoms with Crippen LogP contribution in [0, 0.1) is 17.8 Å². The minimum Gasteiger partial charge on any atom is -0.375 e. The minimum absolute atomic E-state index is 0.245. The first kappa shape index (κ1) is 23.2. The molecule has 2 aliphatic rings. The van der Waals surface area contributed by atoms with Crippen LogP contribution in [0.5, 0.6) is 0 Å². The van der Waals surface area contributed by atoms with Gasteiger partial charge in [-0.3, -0.25) is 0 Å². The topological polar surface area (TPSA) is 9.23 Å². The van der Waals surface area contributed by atoms with E-state index < -0.39 is 0 Å². The third-order valence-electron chi connectivity index (χ3n) is 7.90. The lowest BCUT2D eigenvalue weighted by Gasteiger charge is -2.44. The van der Waals surface area contributed by atoms with E-state index in [2.05, 4.69) is 20.8 Å². The molecule has 0 spiro atoms. The van der Waals surface area contributed by atoms with Crippen LogP contribution in [0.25, 0.3) is 0 Å². The van der Waals surface area contributed by atoms with Gasteiger partial charge in [0.25, 0.3) is 0 Å². The standard InChI is InChI=1S/C26H50O/c1-4-7-9-10-12-20-26(27-6-3)21-18-25(19-22-26)24-16-14-23(15-17-24)13-11-8-5-2/h23-25H,4-22H2,1-3H3. The van der Waals surface area contributed by atoms with Gasteiger partial charge in [0, 0.05) is 6.61 Å². The molecule has 1 heteroatoms. The SMILES string of the molecule is CCCCCCCC1(OCC)CCC(C2CCC(CCCCC)CC2)CC1. The maximum absolute atomic E-state index is 6.38. The van der Waals surface area contributed by atoms with E-state index in [1.54, 1.807) is 0 Å². The molecule has 0 radical (unpaired) electrons. The van der Waals surface area contributed by atoms with Crippen molar-refractivity contribution < 1.29 is 4.74 Å². The van der Waals surface area contributed by atoms with Gasteiger partial charge in [0.15, 0.2) is 0 Å². The Morgan fingerprint density at radius 3 is 1.89 bits per heavy atom.